The lowest BCUT2D eigenvalue weighted by molar-refractivity contribution is -0.129. The quantitative estimate of drug-likeness (QED) is 0.536. The predicted octanol–water partition coefficient (Wildman–Crippen LogP) is 0.815. The first-order chi connectivity index (χ1) is 9.66. The largest absolute Gasteiger partial charge is 0.351 e. The summed E-state index contributed by atoms with van der Waals surface area (Å²) in [4.78, 5) is 35.0. The Balaban J connectivity index is 1.53. The van der Waals surface area contributed by atoms with Crippen LogP contribution in [0.25, 0.3) is 0 Å². The van der Waals surface area contributed by atoms with Gasteiger partial charge in [-0.3, -0.25) is 25.2 Å². The van der Waals surface area contributed by atoms with Gasteiger partial charge in [0.2, 0.25) is 11.8 Å². The van der Waals surface area contributed by atoms with Gasteiger partial charge in [-0.05, 0) is 30.7 Å². The molecule has 0 spiro atoms. The Labute approximate surface area is 120 Å². The molecular formula is C13H17N3O3S. The van der Waals surface area contributed by atoms with Crippen LogP contribution in [-0.4, -0.2) is 24.3 Å². The Kier molecular flexibility index (Phi) is 5.11. The fourth-order valence-corrected chi connectivity index (χ4v) is 2.23. The standard InChI is InChI=1S/C13H17N3O3S/c17-11(15-16-12(18)9-5-6-9)4-1-7-14-13(19)10-3-2-8-20-10/h2-3,8-9H,1,4-7H2,(H,14,19)(H,15,17)(H,16,18). The number of hydrogen-bond donors (Lipinski definition) is 3. The van der Waals surface area contributed by atoms with E-state index in [4.69, 9.17) is 0 Å². The maximum atomic E-state index is 11.6. The summed E-state index contributed by atoms with van der Waals surface area (Å²) in [6.45, 7) is 0.431. The molecule has 3 N–H and O–H groups in total. The summed E-state index contributed by atoms with van der Waals surface area (Å²) in [5, 5.41) is 4.58. The number of carbonyl (C=O) groups excluding carboxylic acids is 3. The highest BCUT2D eigenvalue weighted by Gasteiger charge is 2.29. The molecule has 1 aliphatic carbocycles. The summed E-state index contributed by atoms with van der Waals surface area (Å²) in [6.07, 6.45) is 2.59. The van der Waals surface area contributed by atoms with Gasteiger partial charge in [-0.15, -0.1) is 11.3 Å². The van der Waals surface area contributed by atoms with Gasteiger partial charge in [0.15, 0.2) is 0 Å². The van der Waals surface area contributed by atoms with Gasteiger partial charge in [0.05, 0.1) is 4.88 Å². The average molecular weight is 295 g/mol. The lowest BCUT2D eigenvalue weighted by Gasteiger charge is -2.07. The maximum Gasteiger partial charge on any atom is 0.261 e. The summed E-state index contributed by atoms with van der Waals surface area (Å²) >= 11 is 1.38. The van der Waals surface area contributed by atoms with Crippen molar-refractivity contribution >= 4 is 29.1 Å². The minimum absolute atomic E-state index is 0.0698. The van der Waals surface area contributed by atoms with Crippen molar-refractivity contribution in [2.45, 2.75) is 25.7 Å². The topological polar surface area (TPSA) is 87.3 Å². The van der Waals surface area contributed by atoms with Gasteiger partial charge in [-0.25, -0.2) is 0 Å². The molecule has 1 heterocycles. The second kappa shape index (κ2) is 7.04. The van der Waals surface area contributed by atoms with Crippen LogP contribution in [0.5, 0.6) is 0 Å². The van der Waals surface area contributed by atoms with E-state index in [1.807, 2.05) is 11.4 Å². The molecule has 0 bridgehead atoms. The van der Waals surface area contributed by atoms with Crippen LogP contribution >= 0.6 is 11.3 Å². The van der Waals surface area contributed by atoms with E-state index in [0.717, 1.165) is 12.8 Å². The molecule has 1 aromatic heterocycles. The number of thiophene rings is 1. The zero-order valence-electron chi connectivity index (χ0n) is 11.0. The molecule has 0 atom stereocenters. The number of amides is 3. The average Bonchev–Trinajstić information content (AvgIpc) is 3.15. The van der Waals surface area contributed by atoms with Crippen molar-refractivity contribution in [1.29, 1.82) is 0 Å². The van der Waals surface area contributed by atoms with Gasteiger partial charge in [0.1, 0.15) is 0 Å². The molecule has 6 nitrogen and oxygen atoms in total. The van der Waals surface area contributed by atoms with Crippen LogP contribution in [0.1, 0.15) is 35.4 Å². The fourth-order valence-electron chi connectivity index (χ4n) is 1.59. The van der Waals surface area contributed by atoms with Crippen LogP contribution in [0.3, 0.4) is 0 Å². The molecule has 1 fully saturated rings. The first kappa shape index (κ1) is 14.5. The minimum Gasteiger partial charge on any atom is -0.351 e. The molecule has 108 valence electrons. The third-order valence-corrected chi connectivity index (χ3v) is 3.75. The summed E-state index contributed by atoms with van der Waals surface area (Å²) in [5.74, 6) is -0.420. The number of hydrogen-bond acceptors (Lipinski definition) is 4. The van der Waals surface area contributed by atoms with Crippen molar-refractivity contribution in [2.24, 2.45) is 5.92 Å². The first-order valence-corrected chi connectivity index (χ1v) is 7.45. The molecule has 1 saturated carbocycles. The SMILES string of the molecule is O=C(CCCNC(=O)c1cccs1)NNC(=O)C1CC1. The van der Waals surface area contributed by atoms with Crippen molar-refractivity contribution in [1.82, 2.24) is 16.2 Å². The molecule has 0 aromatic carbocycles. The van der Waals surface area contributed by atoms with Crippen molar-refractivity contribution < 1.29 is 14.4 Å². The van der Waals surface area contributed by atoms with Crippen molar-refractivity contribution in [3.05, 3.63) is 22.4 Å². The Bertz CT molecular complexity index is 483. The first-order valence-electron chi connectivity index (χ1n) is 6.57. The summed E-state index contributed by atoms with van der Waals surface area (Å²) in [6, 6.07) is 3.57. The molecule has 1 aromatic rings. The fraction of sp³-hybridized carbons (Fsp3) is 0.462. The molecule has 0 radical (unpaired) electrons. The summed E-state index contributed by atoms with van der Waals surface area (Å²) in [7, 11) is 0. The smallest absolute Gasteiger partial charge is 0.261 e. The highest BCUT2D eigenvalue weighted by atomic mass is 32.1. The molecule has 0 saturated heterocycles. The Morgan fingerprint density at radius 1 is 1.25 bits per heavy atom. The molecule has 1 aliphatic rings. The molecule has 0 aliphatic heterocycles. The number of rotatable bonds is 6. The number of carbonyl (C=O) groups is 3. The third kappa shape index (κ3) is 4.65. The highest BCUT2D eigenvalue weighted by molar-refractivity contribution is 7.12. The summed E-state index contributed by atoms with van der Waals surface area (Å²) < 4.78 is 0. The van der Waals surface area contributed by atoms with E-state index in [0.29, 0.717) is 17.8 Å². The molecule has 20 heavy (non-hydrogen) atoms. The number of nitrogens with one attached hydrogen (secondary N) is 3. The van der Waals surface area contributed by atoms with Gasteiger partial charge in [-0.1, -0.05) is 6.07 Å². The monoisotopic (exact) mass is 295 g/mol. The van der Waals surface area contributed by atoms with Crippen molar-refractivity contribution in [2.75, 3.05) is 6.54 Å². The third-order valence-electron chi connectivity index (χ3n) is 2.88. The van der Waals surface area contributed by atoms with E-state index in [-0.39, 0.29) is 30.1 Å². The highest BCUT2D eigenvalue weighted by Crippen LogP contribution is 2.28. The van der Waals surface area contributed by atoms with Crippen LogP contribution in [0, 0.1) is 5.92 Å². The van der Waals surface area contributed by atoms with E-state index in [9.17, 15) is 14.4 Å². The zero-order chi connectivity index (χ0) is 14.4. The summed E-state index contributed by atoms with van der Waals surface area (Å²) in [5.41, 5.74) is 4.76. The van der Waals surface area contributed by atoms with Gasteiger partial charge in [-0.2, -0.15) is 0 Å². The second-order valence-corrected chi connectivity index (χ2v) is 5.60. The van der Waals surface area contributed by atoms with Crippen molar-refractivity contribution in [3.8, 4) is 0 Å². The van der Waals surface area contributed by atoms with Gasteiger partial charge in [0, 0.05) is 18.9 Å². The molecule has 0 unspecified atom stereocenters. The molecular weight excluding hydrogens is 278 g/mol. The van der Waals surface area contributed by atoms with E-state index in [2.05, 4.69) is 16.2 Å². The van der Waals surface area contributed by atoms with Gasteiger partial charge < -0.3 is 5.32 Å². The minimum atomic E-state index is -0.246. The van der Waals surface area contributed by atoms with Gasteiger partial charge in [0.25, 0.3) is 5.91 Å². The van der Waals surface area contributed by atoms with Crippen LogP contribution in [0.4, 0.5) is 0 Å². The molecule has 3 amide bonds. The van der Waals surface area contributed by atoms with E-state index in [1.54, 1.807) is 6.07 Å². The zero-order valence-corrected chi connectivity index (χ0v) is 11.8. The predicted molar refractivity (Wildman–Crippen MR) is 74.9 cm³/mol. The van der Waals surface area contributed by atoms with E-state index >= 15 is 0 Å². The van der Waals surface area contributed by atoms with Gasteiger partial charge >= 0.3 is 0 Å². The molecule has 2 rings (SSSR count). The van der Waals surface area contributed by atoms with Crippen LogP contribution in [-0.2, 0) is 9.59 Å². The Hall–Kier alpha value is -1.89. The molecule has 7 heteroatoms. The van der Waals surface area contributed by atoms with E-state index < -0.39 is 0 Å². The number of hydrazine groups is 1. The van der Waals surface area contributed by atoms with Crippen molar-refractivity contribution in [3.63, 3.8) is 0 Å². The maximum absolute atomic E-state index is 11.6. The Morgan fingerprint density at radius 2 is 2.05 bits per heavy atom. The van der Waals surface area contributed by atoms with E-state index in [1.165, 1.54) is 11.3 Å². The normalized spacial score (nSPS) is 13.6. The van der Waals surface area contributed by atoms with Crippen LogP contribution in [0.15, 0.2) is 17.5 Å². The van der Waals surface area contributed by atoms with Crippen LogP contribution < -0.4 is 16.2 Å². The lowest BCUT2D eigenvalue weighted by atomic mass is 10.3. The second-order valence-electron chi connectivity index (χ2n) is 4.65. The Morgan fingerprint density at radius 3 is 2.70 bits per heavy atom. The lowest BCUT2D eigenvalue weighted by Crippen LogP contribution is -2.42. The van der Waals surface area contributed by atoms with Crippen LogP contribution in [0.2, 0.25) is 0 Å².